The Morgan fingerprint density at radius 1 is 1.47 bits per heavy atom. The number of H-pyrrole nitrogens is 1. The van der Waals surface area contributed by atoms with Gasteiger partial charge in [0, 0.05) is 26.4 Å². The number of likely N-dealkylation sites (tertiary alicyclic amines) is 1. The van der Waals surface area contributed by atoms with Crippen LogP contribution in [0.3, 0.4) is 0 Å². The molecule has 3 heterocycles. The van der Waals surface area contributed by atoms with Crippen LogP contribution in [-0.2, 0) is 9.53 Å². The predicted molar refractivity (Wildman–Crippen MR) is 102 cm³/mol. The van der Waals surface area contributed by atoms with E-state index in [1.807, 2.05) is 5.32 Å². The molecule has 2 aromatic rings. The number of rotatable bonds is 6. The van der Waals surface area contributed by atoms with Crippen molar-refractivity contribution in [2.45, 2.75) is 24.7 Å². The highest BCUT2D eigenvalue weighted by atomic mass is 19.4. The summed E-state index contributed by atoms with van der Waals surface area (Å²) in [5, 5.41) is 4.99. The van der Waals surface area contributed by atoms with E-state index < -0.39 is 18.6 Å². The fourth-order valence-electron chi connectivity index (χ4n) is 3.25. The van der Waals surface area contributed by atoms with Crippen LogP contribution in [0.4, 0.5) is 19.0 Å². The van der Waals surface area contributed by atoms with Crippen molar-refractivity contribution < 1.29 is 27.5 Å². The molecule has 0 aromatic carbocycles. The number of ether oxygens (including phenoxy) is 1. The van der Waals surface area contributed by atoms with E-state index in [1.54, 1.807) is 4.90 Å². The lowest BCUT2D eigenvalue weighted by Crippen LogP contribution is -2.52. The number of nitrogens with zero attached hydrogens (tertiary/aromatic N) is 3. The van der Waals surface area contributed by atoms with Crippen molar-refractivity contribution in [2.75, 3.05) is 32.1 Å². The Morgan fingerprint density at radius 3 is 2.90 bits per heavy atom. The van der Waals surface area contributed by atoms with Gasteiger partial charge in [-0.3, -0.25) is 9.59 Å². The van der Waals surface area contributed by atoms with E-state index in [-0.39, 0.29) is 34.8 Å². The first-order valence-electron chi connectivity index (χ1n) is 9.11. The first-order chi connectivity index (χ1) is 14.2. The fraction of sp³-hybridized carbons (Fsp3) is 0.444. The summed E-state index contributed by atoms with van der Waals surface area (Å²) in [6.45, 7) is 2.90. The highest BCUT2D eigenvalue weighted by molar-refractivity contribution is 6.04. The average Bonchev–Trinajstić information content (AvgIpc) is 3.14. The van der Waals surface area contributed by atoms with Crippen LogP contribution >= 0.6 is 0 Å². The van der Waals surface area contributed by atoms with Crippen LogP contribution in [-0.4, -0.2) is 76.7 Å². The molecule has 0 spiro atoms. The van der Waals surface area contributed by atoms with Crippen molar-refractivity contribution in [1.29, 1.82) is 0 Å². The Balaban J connectivity index is 1.75. The molecular weight excluding hydrogens is 405 g/mol. The highest BCUT2D eigenvalue weighted by Crippen LogP contribution is 2.21. The second-order valence-corrected chi connectivity index (χ2v) is 6.75. The van der Waals surface area contributed by atoms with Crippen molar-refractivity contribution in [3.05, 3.63) is 30.6 Å². The molecule has 0 radical (unpaired) electrons. The molecule has 12 heteroatoms. The molecule has 0 unspecified atom stereocenters. The molecule has 2 atom stereocenters. The summed E-state index contributed by atoms with van der Waals surface area (Å²) in [5.74, 6) is -0.753. The maximum absolute atomic E-state index is 12.4. The zero-order chi connectivity index (χ0) is 21.9. The van der Waals surface area contributed by atoms with Crippen molar-refractivity contribution in [1.82, 2.24) is 25.2 Å². The number of carbonyl (C=O) groups is 2. The third-order valence-electron chi connectivity index (χ3n) is 4.76. The number of alkyl halides is 3. The zero-order valence-corrected chi connectivity index (χ0v) is 16.1. The number of aromatic amines is 1. The number of piperidine rings is 1. The summed E-state index contributed by atoms with van der Waals surface area (Å²) < 4.78 is 42.6. The molecule has 1 aliphatic rings. The van der Waals surface area contributed by atoms with Gasteiger partial charge in [0.05, 0.1) is 23.9 Å². The number of carbonyl (C=O) groups excluding carboxylic acids is 2. The number of aromatic nitrogens is 3. The van der Waals surface area contributed by atoms with Gasteiger partial charge in [-0.05, 0) is 12.5 Å². The Labute approximate surface area is 169 Å². The lowest BCUT2D eigenvalue weighted by atomic mass is 10.0. The lowest BCUT2D eigenvalue weighted by Gasteiger charge is -2.37. The van der Waals surface area contributed by atoms with Gasteiger partial charge >= 0.3 is 6.18 Å². The molecule has 2 aromatic heterocycles. The molecule has 1 fully saturated rings. The number of hydrogen-bond donors (Lipinski definition) is 3. The number of amides is 2. The topological polar surface area (TPSA) is 112 Å². The van der Waals surface area contributed by atoms with Gasteiger partial charge in [-0.15, -0.1) is 0 Å². The van der Waals surface area contributed by atoms with E-state index in [1.165, 1.54) is 25.6 Å². The van der Waals surface area contributed by atoms with Gasteiger partial charge in [0.2, 0.25) is 5.91 Å². The molecule has 30 heavy (non-hydrogen) atoms. The molecule has 0 saturated carbocycles. The number of anilines is 1. The minimum Gasteiger partial charge on any atom is -0.377 e. The van der Waals surface area contributed by atoms with E-state index in [9.17, 15) is 22.8 Å². The smallest absolute Gasteiger partial charge is 0.377 e. The first kappa shape index (κ1) is 21.6. The van der Waals surface area contributed by atoms with E-state index in [2.05, 4.69) is 26.8 Å². The van der Waals surface area contributed by atoms with Gasteiger partial charge < -0.3 is 25.3 Å². The lowest BCUT2D eigenvalue weighted by molar-refractivity contribution is -0.129. The standard InChI is InChI=1S/C18H21F3N6O3/c1-3-14(28)27-5-4-11(12(8-27)30-2)25-13-7-23-16-15(26-13)10(6-22-16)17(29)24-9-18(19,20)21/h3,6-7,11-12H,1,4-5,8-9H2,2H3,(H,22,23)(H,24,29)(H,25,26)/t11-,12+/m1/s1. The van der Waals surface area contributed by atoms with Crippen LogP contribution < -0.4 is 10.6 Å². The fourth-order valence-corrected chi connectivity index (χ4v) is 3.25. The number of halogens is 3. The minimum absolute atomic E-state index is 0.0416. The van der Waals surface area contributed by atoms with Crippen LogP contribution in [0.1, 0.15) is 16.8 Å². The van der Waals surface area contributed by atoms with Gasteiger partial charge in [-0.25, -0.2) is 9.97 Å². The Bertz CT molecular complexity index is 945. The van der Waals surface area contributed by atoms with Crippen molar-refractivity contribution in [2.24, 2.45) is 0 Å². The van der Waals surface area contributed by atoms with E-state index >= 15 is 0 Å². The summed E-state index contributed by atoms with van der Waals surface area (Å²) in [6, 6.07) is -0.183. The van der Waals surface area contributed by atoms with Gasteiger partial charge in [0.1, 0.15) is 17.9 Å². The number of methoxy groups -OCH3 is 1. The SMILES string of the molecule is C=CC(=O)N1CC[C@@H](Nc2cnc3[nH]cc(C(=O)NCC(F)(F)F)c3n2)[C@@H](OC)C1. The second-order valence-electron chi connectivity index (χ2n) is 6.75. The summed E-state index contributed by atoms with van der Waals surface area (Å²) >= 11 is 0. The summed E-state index contributed by atoms with van der Waals surface area (Å²) in [4.78, 5) is 36.8. The molecule has 0 bridgehead atoms. The largest absolute Gasteiger partial charge is 0.405 e. The normalized spacial score (nSPS) is 19.5. The van der Waals surface area contributed by atoms with Crippen molar-refractivity contribution in [3.8, 4) is 0 Å². The molecule has 3 rings (SSSR count). The highest BCUT2D eigenvalue weighted by Gasteiger charge is 2.31. The number of nitrogens with one attached hydrogen (secondary N) is 3. The van der Waals surface area contributed by atoms with Crippen LogP contribution in [0.25, 0.3) is 11.2 Å². The van der Waals surface area contributed by atoms with Crippen LogP contribution in [0.5, 0.6) is 0 Å². The van der Waals surface area contributed by atoms with E-state index in [0.29, 0.717) is 25.3 Å². The van der Waals surface area contributed by atoms with E-state index in [0.717, 1.165) is 0 Å². The number of fused-ring (bicyclic) bond motifs is 1. The molecule has 162 valence electrons. The third kappa shape index (κ3) is 4.87. The molecular formula is C18H21F3N6O3. The molecule has 2 amide bonds. The van der Waals surface area contributed by atoms with Gasteiger partial charge in [-0.2, -0.15) is 13.2 Å². The summed E-state index contributed by atoms with van der Waals surface area (Å²) in [5.41, 5.74) is 0.375. The molecule has 3 N–H and O–H groups in total. The van der Waals surface area contributed by atoms with Gasteiger partial charge in [0.15, 0.2) is 5.65 Å². The predicted octanol–water partition coefficient (Wildman–Crippen LogP) is 1.46. The quantitative estimate of drug-likeness (QED) is 0.603. The Kier molecular flexibility index (Phi) is 6.25. The second kappa shape index (κ2) is 8.69. The summed E-state index contributed by atoms with van der Waals surface area (Å²) in [7, 11) is 1.53. The molecule has 9 nitrogen and oxygen atoms in total. The van der Waals surface area contributed by atoms with Crippen molar-refractivity contribution >= 4 is 28.8 Å². The third-order valence-corrected chi connectivity index (χ3v) is 4.76. The zero-order valence-electron chi connectivity index (χ0n) is 16.1. The van der Waals surface area contributed by atoms with Crippen molar-refractivity contribution in [3.63, 3.8) is 0 Å². The Morgan fingerprint density at radius 2 is 2.23 bits per heavy atom. The molecule has 1 aliphatic heterocycles. The maximum Gasteiger partial charge on any atom is 0.405 e. The average molecular weight is 426 g/mol. The van der Waals surface area contributed by atoms with Crippen LogP contribution in [0, 0.1) is 0 Å². The summed E-state index contributed by atoms with van der Waals surface area (Å²) in [6.07, 6.45) is -0.305. The Hall–Kier alpha value is -3.15. The van der Waals surface area contributed by atoms with Crippen LogP contribution in [0.15, 0.2) is 25.0 Å². The maximum atomic E-state index is 12.4. The molecule has 0 aliphatic carbocycles. The molecule has 1 saturated heterocycles. The monoisotopic (exact) mass is 426 g/mol. The number of hydrogen-bond acceptors (Lipinski definition) is 6. The van der Waals surface area contributed by atoms with E-state index in [4.69, 9.17) is 4.74 Å². The van der Waals surface area contributed by atoms with Crippen LogP contribution in [0.2, 0.25) is 0 Å². The van der Waals surface area contributed by atoms with Gasteiger partial charge in [-0.1, -0.05) is 6.58 Å². The minimum atomic E-state index is -4.52. The first-order valence-corrected chi connectivity index (χ1v) is 9.11. The van der Waals surface area contributed by atoms with Gasteiger partial charge in [0.25, 0.3) is 5.91 Å².